The number of phosphoric ester groups is 1. The maximum atomic E-state index is 13.6. The highest BCUT2D eigenvalue weighted by Gasteiger charge is 2.27. The van der Waals surface area contributed by atoms with E-state index in [2.05, 4.69) is 50.4 Å². The summed E-state index contributed by atoms with van der Waals surface area (Å²) in [5.74, 6) is -0.534. The lowest BCUT2D eigenvalue weighted by Crippen LogP contribution is -2.47. The van der Waals surface area contributed by atoms with Crippen LogP contribution in [0.1, 0.15) is 342 Å². The lowest BCUT2D eigenvalue weighted by Gasteiger charge is -2.30. The molecule has 79 heavy (non-hydrogen) atoms. The predicted octanol–water partition coefficient (Wildman–Crippen LogP) is 20.8. The first-order chi connectivity index (χ1) is 38.4. The van der Waals surface area contributed by atoms with E-state index in [4.69, 9.17) is 13.8 Å². The average molecular weight is 1130 g/mol. The molecule has 10 heteroatoms. The molecule has 0 radical (unpaired) electrons. The van der Waals surface area contributed by atoms with Crippen molar-refractivity contribution >= 4 is 19.7 Å². The summed E-state index contributed by atoms with van der Waals surface area (Å²) in [5.41, 5.74) is 0. The SMILES string of the molecule is CCCCC/C=C\C/C=C\CCCCCCCCCC(=O)OC(/C=C\CCCCCCCCCCC)C(COP(=O)([O-])OCC[N+](C)(C)C)NC(=O)CCCCCCCCCCCCCCCCCCCCCCCCCCC. The van der Waals surface area contributed by atoms with E-state index in [1.165, 1.54) is 231 Å². The highest BCUT2D eigenvalue weighted by molar-refractivity contribution is 7.45. The standard InChI is InChI=1S/C69H133N2O7P/c1-7-10-13-16-19-22-25-27-29-31-32-33-34-35-36-37-38-40-41-43-46-49-52-55-58-61-68(72)70-66(65-77-79(74,75)76-64-63-71(4,5)6)67(60-57-54-51-48-45-24-21-18-15-12-9-3)78-69(73)62-59-56-53-50-47-44-42-39-30-28-26-23-20-17-14-11-8-2/h20,23,28,30,57,60,66-67H,7-19,21-22,24-27,29,31-56,58-59,61-65H2,1-6H3,(H-,70,72,74,75)/b23-20-,30-28-,60-57-. The molecule has 9 nitrogen and oxygen atoms in total. The number of nitrogens with one attached hydrogen (secondary N) is 1. The number of carbonyl (C=O) groups is 2. The van der Waals surface area contributed by atoms with Crippen molar-refractivity contribution in [3.05, 3.63) is 36.5 Å². The summed E-state index contributed by atoms with van der Waals surface area (Å²) >= 11 is 0. The van der Waals surface area contributed by atoms with Gasteiger partial charge in [0.25, 0.3) is 7.82 Å². The minimum absolute atomic E-state index is 0.0212. The van der Waals surface area contributed by atoms with Gasteiger partial charge >= 0.3 is 5.97 Å². The maximum Gasteiger partial charge on any atom is 0.306 e. The second-order valence-electron chi connectivity index (χ2n) is 24.7. The van der Waals surface area contributed by atoms with Gasteiger partial charge < -0.3 is 28.5 Å². The molecule has 0 aliphatic heterocycles. The van der Waals surface area contributed by atoms with Crippen LogP contribution in [0.15, 0.2) is 36.5 Å². The molecule has 0 heterocycles. The van der Waals surface area contributed by atoms with Crippen molar-refractivity contribution in [2.24, 2.45) is 0 Å². The number of hydrogen-bond donors (Lipinski definition) is 1. The molecule has 0 bridgehead atoms. The molecule has 3 atom stereocenters. The van der Waals surface area contributed by atoms with Gasteiger partial charge in [-0.05, 0) is 63.9 Å². The van der Waals surface area contributed by atoms with Gasteiger partial charge in [0.1, 0.15) is 19.3 Å². The molecule has 0 aliphatic carbocycles. The number of allylic oxidation sites excluding steroid dienone is 5. The molecule has 1 N–H and O–H groups in total. The number of rotatable bonds is 63. The molecule has 0 saturated carbocycles. The third kappa shape index (κ3) is 60.6. The molecular formula is C69H133N2O7P. The van der Waals surface area contributed by atoms with E-state index in [1.54, 1.807) is 0 Å². The van der Waals surface area contributed by atoms with Crippen LogP contribution in [0.4, 0.5) is 0 Å². The van der Waals surface area contributed by atoms with Crippen molar-refractivity contribution in [1.29, 1.82) is 0 Å². The van der Waals surface area contributed by atoms with Crippen molar-refractivity contribution in [2.75, 3.05) is 40.9 Å². The zero-order chi connectivity index (χ0) is 57.9. The van der Waals surface area contributed by atoms with Gasteiger partial charge in [-0.25, -0.2) is 0 Å². The zero-order valence-electron chi connectivity index (χ0n) is 53.3. The number of carbonyl (C=O) groups excluding carboxylic acids is 2. The summed E-state index contributed by atoms with van der Waals surface area (Å²) in [6, 6.07) is -0.888. The van der Waals surface area contributed by atoms with Crippen molar-refractivity contribution < 1.29 is 37.3 Å². The van der Waals surface area contributed by atoms with Gasteiger partial charge in [-0.3, -0.25) is 14.2 Å². The Balaban J connectivity index is 5.01. The Bertz CT molecular complexity index is 1450. The van der Waals surface area contributed by atoms with Crippen molar-refractivity contribution in [2.45, 2.75) is 354 Å². The zero-order valence-corrected chi connectivity index (χ0v) is 54.2. The summed E-state index contributed by atoms with van der Waals surface area (Å²) in [6.45, 7) is 6.86. The molecule has 1 amide bonds. The molecule has 0 spiro atoms. The summed E-state index contributed by atoms with van der Waals surface area (Å²) in [6.07, 6.45) is 72.7. The fourth-order valence-electron chi connectivity index (χ4n) is 10.3. The van der Waals surface area contributed by atoms with Crippen molar-refractivity contribution in [1.82, 2.24) is 5.32 Å². The third-order valence-corrected chi connectivity index (χ3v) is 16.5. The van der Waals surface area contributed by atoms with E-state index in [0.29, 0.717) is 17.4 Å². The fourth-order valence-corrected chi connectivity index (χ4v) is 11.0. The van der Waals surface area contributed by atoms with Gasteiger partial charge in [-0.15, -0.1) is 0 Å². The number of esters is 1. The predicted molar refractivity (Wildman–Crippen MR) is 340 cm³/mol. The van der Waals surface area contributed by atoms with E-state index >= 15 is 0 Å². The lowest BCUT2D eigenvalue weighted by molar-refractivity contribution is -0.870. The van der Waals surface area contributed by atoms with Crippen LogP contribution >= 0.6 is 7.82 Å². The minimum atomic E-state index is -4.70. The Morgan fingerprint density at radius 1 is 0.443 bits per heavy atom. The molecule has 0 aromatic carbocycles. The van der Waals surface area contributed by atoms with Gasteiger partial charge in [0, 0.05) is 12.8 Å². The summed E-state index contributed by atoms with van der Waals surface area (Å²) in [5, 5.41) is 3.04. The first kappa shape index (κ1) is 77.2. The van der Waals surface area contributed by atoms with Crippen LogP contribution in [0.25, 0.3) is 0 Å². The van der Waals surface area contributed by atoms with Gasteiger partial charge in [0.2, 0.25) is 5.91 Å². The van der Waals surface area contributed by atoms with Crippen molar-refractivity contribution in [3.63, 3.8) is 0 Å². The fraction of sp³-hybridized carbons (Fsp3) is 0.884. The largest absolute Gasteiger partial charge is 0.756 e. The Morgan fingerprint density at radius 2 is 0.772 bits per heavy atom. The van der Waals surface area contributed by atoms with Gasteiger partial charge in [0.15, 0.2) is 0 Å². The monoisotopic (exact) mass is 1130 g/mol. The van der Waals surface area contributed by atoms with E-state index < -0.39 is 20.0 Å². The average Bonchev–Trinajstić information content (AvgIpc) is 3.41. The van der Waals surface area contributed by atoms with Crippen LogP contribution in [0.3, 0.4) is 0 Å². The summed E-state index contributed by atoms with van der Waals surface area (Å²) in [7, 11) is 1.19. The summed E-state index contributed by atoms with van der Waals surface area (Å²) < 4.78 is 30.4. The van der Waals surface area contributed by atoms with Crippen LogP contribution in [0.5, 0.6) is 0 Å². The third-order valence-electron chi connectivity index (χ3n) is 15.6. The Hall–Kier alpha value is -1.77. The van der Waals surface area contributed by atoms with Gasteiger partial charge in [-0.1, -0.05) is 302 Å². The second-order valence-corrected chi connectivity index (χ2v) is 26.1. The number of nitrogens with zero attached hydrogens (tertiary/aromatic N) is 1. The lowest BCUT2D eigenvalue weighted by atomic mass is 10.0. The topological polar surface area (TPSA) is 114 Å². The number of quaternary nitrogens is 1. The molecule has 3 unspecified atom stereocenters. The number of ether oxygens (including phenoxy) is 1. The highest BCUT2D eigenvalue weighted by atomic mass is 31.2. The quantitative estimate of drug-likeness (QED) is 0.0212. The van der Waals surface area contributed by atoms with Gasteiger partial charge in [-0.2, -0.15) is 0 Å². The molecule has 0 fully saturated rings. The smallest absolute Gasteiger partial charge is 0.306 e. The van der Waals surface area contributed by atoms with E-state index in [9.17, 15) is 19.0 Å². The van der Waals surface area contributed by atoms with E-state index in [0.717, 1.165) is 77.0 Å². The van der Waals surface area contributed by atoms with Crippen LogP contribution in [-0.4, -0.2) is 69.4 Å². The second kappa shape index (κ2) is 59.4. The molecule has 0 aromatic heterocycles. The molecule has 0 rings (SSSR count). The molecule has 0 saturated heterocycles. The first-order valence-corrected chi connectivity index (χ1v) is 35.8. The molecule has 466 valence electrons. The van der Waals surface area contributed by atoms with Crippen molar-refractivity contribution in [3.8, 4) is 0 Å². The molecular weight excluding hydrogens is 1000 g/mol. The maximum absolute atomic E-state index is 13.6. The van der Waals surface area contributed by atoms with E-state index in [1.807, 2.05) is 33.3 Å². The van der Waals surface area contributed by atoms with Crippen LogP contribution in [0.2, 0.25) is 0 Å². The Kier molecular flexibility index (Phi) is 58.1. The normalized spacial score (nSPS) is 13.8. The minimum Gasteiger partial charge on any atom is -0.756 e. The van der Waals surface area contributed by atoms with Crippen LogP contribution < -0.4 is 10.2 Å². The van der Waals surface area contributed by atoms with Gasteiger partial charge in [0.05, 0.1) is 33.8 Å². The number of amides is 1. The number of unbranched alkanes of at least 4 members (excludes halogenated alkanes) is 43. The first-order valence-electron chi connectivity index (χ1n) is 34.3. The van der Waals surface area contributed by atoms with Crippen LogP contribution in [0, 0.1) is 0 Å². The Morgan fingerprint density at radius 3 is 1.16 bits per heavy atom. The summed E-state index contributed by atoms with van der Waals surface area (Å²) in [4.78, 5) is 40.1. The highest BCUT2D eigenvalue weighted by Crippen LogP contribution is 2.38. The molecule has 0 aromatic rings. The number of likely N-dealkylation sites (N-methyl/N-ethyl adjacent to an activating group) is 1. The van der Waals surface area contributed by atoms with E-state index in [-0.39, 0.29) is 31.5 Å². The number of hydrogen-bond acceptors (Lipinski definition) is 7. The molecule has 0 aliphatic rings. The Labute approximate surface area is 491 Å². The number of phosphoric acid groups is 1. The van der Waals surface area contributed by atoms with Crippen LogP contribution in [-0.2, 0) is 27.9 Å².